The molecule has 29 heavy (non-hydrogen) atoms. The van der Waals surface area contributed by atoms with Gasteiger partial charge in [0.2, 0.25) is 5.95 Å². The van der Waals surface area contributed by atoms with Gasteiger partial charge < -0.3 is 9.67 Å². The van der Waals surface area contributed by atoms with Crippen molar-refractivity contribution in [3.05, 3.63) is 82.7 Å². The summed E-state index contributed by atoms with van der Waals surface area (Å²) < 4.78 is 2.94. The number of rotatable bonds is 4. The largest absolute Gasteiger partial charge is 0.478 e. The van der Waals surface area contributed by atoms with E-state index in [1.54, 1.807) is 10.9 Å². The fourth-order valence-corrected chi connectivity index (χ4v) is 3.29. The number of imidazole rings is 1. The van der Waals surface area contributed by atoms with Crippen molar-refractivity contribution in [3.8, 4) is 5.95 Å². The van der Waals surface area contributed by atoms with Crippen LogP contribution in [0.1, 0.15) is 15.9 Å². The highest BCUT2D eigenvalue weighted by molar-refractivity contribution is 5.87. The van der Waals surface area contributed by atoms with Crippen LogP contribution in [-0.2, 0) is 6.54 Å². The third-order valence-electron chi connectivity index (χ3n) is 4.68. The van der Waals surface area contributed by atoms with Crippen molar-refractivity contribution in [1.29, 1.82) is 0 Å². The van der Waals surface area contributed by atoms with E-state index in [9.17, 15) is 9.59 Å². The fourth-order valence-electron chi connectivity index (χ4n) is 3.29. The van der Waals surface area contributed by atoms with Crippen LogP contribution < -0.4 is 5.56 Å². The number of hydrogen-bond acceptors (Lipinski definition) is 5. The van der Waals surface area contributed by atoms with Crippen molar-refractivity contribution in [1.82, 2.24) is 29.3 Å². The topological polar surface area (TPSA) is 119 Å². The first-order chi connectivity index (χ1) is 14.1. The Kier molecular flexibility index (Phi) is 3.73. The number of carboxylic acid groups (broad SMARTS) is 1. The molecule has 3 heterocycles. The molecule has 0 fully saturated rings. The predicted octanol–water partition coefficient (Wildman–Crippen LogP) is 2.21. The van der Waals surface area contributed by atoms with E-state index in [0.29, 0.717) is 12.1 Å². The molecule has 0 unspecified atom stereocenters. The molecule has 2 aromatic carbocycles. The van der Waals surface area contributed by atoms with E-state index in [1.807, 2.05) is 36.4 Å². The molecule has 5 rings (SSSR count). The van der Waals surface area contributed by atoms with E-state index in [0.717, 1.165) is 16.3 Å². The molecule has 3 aromatic heterocycles. The number of hydrogen-bond donors (Lipinski definition) is 2. The van der Waals surface area contributed by atoms with Gasteiger partial charge in [-0.1, -0.05) is 36.4 Å². The van der Waals surface area contributed by atoms with Crippen LogP contribution in [0.3, 0.4) is 0 Å². The lowest BCUT2D eigenvalue weighted by Gasteiger charge is -2.06. The highest BCUT2D eigenvalue weighted by Gasteiger charge is 2.14. The maximum absolute atomic E-state index is 12.7. The highest BCUT2D eigenvalue weighted by atomic mass is 16.4. The Morgan fingerprint density at radius 3 is 2.76 bits per heavy atom. The number of fused-ring (bicyclic) bond motifs is 2. The molecule has 0 amide bonds. The molecule has 0 aliphatic heterocycles. The fraction of sp³-hybridized carbons (Fsp3) is 0.0500. The van der Waals surface area contributed by atoms with Crippen LogP contribution in [-0.4, -0.2) is 40.4 Å². The number of aromatic nitrogens is 6. The molecule has 142 valence electrons. The van der Waals surface area contributed by atoms with Gasteiger partial charge in [-0.3, -0.25) is 9.78 Å². The van der Waals surface area contributed by atoms with E-state index >= 15 is 0 Å². The summed E-state index contributed by atoms with van der Waals surface area (Å²) in [5, 5.41) is 15.2. The molecule has 0 bridgehead atoms. The summed E-state index contributed by atoms with van der Waals surface area (Å²) in [6.45, 7) is 0.469. The van der Waals surface area contributed by atoms with Crippen molar-refractivity contribution in [3.63, 3.8) is 0 Å². The summed E-state index contributed by atoms with van der Waals surface area (Å²) in [6.07, 6.45) is 4.03. The zero-order chi connectivity index (χ0) is 20.0. The predicted molar refractivity (Wildman–Crippen MR) is 105 cm³/mol. The van der Waals surface area contributed by atoms with Gasteiger partial charge >= 0.3 is 5.97 Å². The van der Waals surface area contributed by atoms with Crippen LogP contribution in [0.4, 0.5) is 0 Å². The molecule has 9 heteroatoms. The minimum absolute atomic E-state index is 0.00502. The van der Waals surface area contributed by atoms with Crippen molar-refractivity contribution < 1.29 is 9.90 Å². The Morgan fingerprint density at radius 1 is 1.14 bits per heavy atom. The minimum Gasteiger partial charge on any atom is -0.478 e. The second-order valence-corrected chi connectivity index (χ2v) is 6.59. The monoisotopic (exact) mass is 386 g/mol. The van der Waals surface area contributed by atoms with Crippen LogP contribution >= 0.6 is 0 Å². The zero-order valence-electron chi connectivity index (χ0n) is 15.0. The third-order valence-corrected chi connectivity index (χ3v) is 4.68. The normalized spacial score (nSPS) is 11.3. The Morgan fingerprint density at radius 2 is 1.97 bits per heavy atom. The summed E-state index contributed by atoms with van der Waals surface area (Å²) in [7, 11) is 0. The maximum atomic E-state index is 12.7. The van der Waals surface area contributed by atoms with Gasteiger partial charge in [0.1, 0.15) is 0 Å². The molecule has 2 N–H and O–H groups in total. The number of carboxylic acids is 1. The Labute approximate surface area is 162 Å². The number of benzene rings is 2. The number of H-pyrrole nitrogens is 1. The van der Waals surface area contributed by atoms with Gasteiger partial charge in [0, 0.05) is 12.7 Å². The SMILES string of the molecule is O=C(O)c1cnn(-c2nc3ncn(Cc4ccc5ccccc5c4)c3c(=O)[nH]2)c1. The molecule has 5 aromatic rings. The average Bonchev–Trinajstić information content (AvgIpc) is 3.36. The van der Waals surface area contributed by atoms with Gasteiger partial charge in [-0.25, -0.2) is 14.5 Å². The van der Waals surface area contributed by atoms with Crippen LogP contribution in [0.25, 0.3) is 27.9 Å². The zero-order valence-corrected chi connectivity index (χ0v) is 15.0. The first-order valence-electron chi connectivity index (χ1n) is 8.80. The lowest BCUT2D eigenvalue weighted by molar-refractivity contribution is 0.0697. The first kappa shape index (κ1) is 16.9. The second-order valence-electron chi connectivity index (χ2n) is 6.59. The molecule has 0 saturated heterocycles. The number of nitrogens with zero attached hydrogens (tertiary/aromatic N) is 5. The van der Waals surface area contributed by atoms with E-state index in [1.165, 1.54) is 17.1 Å². The molecule has 0 aliphatic rings. The molecule has 0 aliphatic carbocycles. The molecule has 0 atom stereocenters. The third kappa shape index (κ3) is 2.94. The van der Waals surface area contributed by atoms with Crippen LogP contribution in [0.5, 0.6) is 0 Å². The van der Waals surface area contributed by atoms with Gasteiger partial charge in [0.15, 0.2) is 11.2 Å². The van der Waals surface area contributed by atoms with Crippen molar-refractivity contribution in [2.45, 2.75) is 6.54 Å². The average molecular weight is 386 g/mol. The Hall–Kier alpha value is -4.27. The number of carbonyl (C=O) groups is 1. The van der Waals surface area contributed by atoms with Gasteiger partial charge in [-0.15, -0.1) is 0 Å². The number of nitrogens with one attached hydrogen (secondary N) is 1. The Bertz CT molecular complexity index is 1450. The lowest BCUT2D eigenvalue weighted by atomic mass is 10.1. The minimum atomic E-state index is -1.11. The quantitative estimate of drug-likeness (QED) is 0.489. The molecule has 0 radical (unpaired) electrons. The molecule has 0 saturated carbocycles. The number of aromatic carboxylic acids is 1. The summed E-state index contributed by atoms with van der Waals surface area (Å²) >= 11 is 0. The summed E-state index contributed by atoms with van der Waals surface area (Å²) in [6, 6.07) is 14.2. The second kappa shape index (κ2) is 6.41. The summed E-state index contributed by atoms with van der Waals surface area (Å²) in [5.41, 5.74) is 1.25. The molecular weight excluding hydrogens is 372 g/mol. The van der Waals surface area contributed by atoms with Gasteiger partial charge in [0.05, 0.1) is 18.1 Å². The van der Waals surface area contributed by atoms with Crippen molar-refractivity contribution in [2.75, 3.05) is 0 Å². The Balaban J connectivity index is 1.53. The van der Waals surface area contributed by atoms with Crippen LogP contribution in [0.15, 0.2) is 66.0 Å². The van der Waals surface area contributed by atoms with E-state index in [-0.39, 0.29) is 22.7 Å². The van der Waals surface area contributed by atoms with E-state index in [2.05, 4.69) is 26.1 Å². The highest BCUT2D eigenvalue weighted by Crippen LogP contribution is 2.17. The molecule has 9 nitrogen and oxygen atoms in total. The van der Waals surface area contributed by atoms with Gasteiger partial charge in [0.25, 0.3) is 5.56 Å². The van der Waals surface area contributed by atoms with Gasteiger partial charge in [-0.2, -0.15) is 10.1 Å². The van der Waals surface area contributed by atoms with Crippen LogP contribution in [0, 0.1) is 0 Å². The lowest BCUT2D eigenvalue weighted by Crippen LogP contribution is -2.16. The van der Waals surface area contributed by atoms with E-state index in [4.69, 9.17) is 5.11 Å². The van der Waals surface area contributed by atoms with Gasteiger partial charge in [-0.05, 0) is 22.4 Å². The first-order valence-corrected chi connectivity index (χ1v) is 8.80. The standard InChI is InChI=1S/C20H14N6O3/c27-18-16-17(23-20(24-18)26-10-15(8-22-26)19(28)29)21-11-25(16)9-12-5-6-13-3-1-2-4-14(13)7-12/h1-8,10-11H,9H2,(H,28,29)(H,23,24,27). The van der Waals surface area contributed by atoms with E-state index < -0.39 is 5.97 Å². The summed E-state index contributed by atoms with van der Waals surface area (Å²) in [4.78, 5) is 34.9. The molecular formula is C20H14N6O3. The summed E-state index contributed by atoms with van der Waals surface area (Å²) in [5.74, 6) is -1.01. The van der Waals surface area contributed by atoms with Crippen LogP contribution in [0.2, 0.25) is 0 Å². The smallest absolute Gasteiger partial charge is 0.338 e. The number of aromatic amines is 1. The van der Waals surface area contributed by atoms with Crippen molar-refractivity contribution >= 4 is 27.9 Å². The maximum Gasteiger partial charge on any atom is 0.338 e. The van der Waals surface area contributed by atoms with Crippen molar-refractivity contribution in [2.24, 2.45) is 0 Å². The molecule has 0 spiro atoms.